The van der Waals surface area contributed by atoms with Gasteiger partial charge in [-0.25, -0.2) is 4.79 Å². The van der Waals surface area contributed by atoms with Gasteiger partial charge in [0, 0.05) is 18.2 Å². The molecule has 2 heterocycles. The Labute approximate surface area is 174 Å². The van der Waals surface area contributed by atoms with E-state index in [4.69, 9.17) is 19.3 Å². The van der Waals surface area contributed by atoms with Crippen LogP contribution in [0.5, 0.6) is 0 Å². The maximum Gasteiger partial charge on any atom is 0.319 e. The first-order chi connectivity index (χ1) is 14.2. The summed E-state index contributed by atoms with van der Waals surface area (Å²) in [6.45, 7) is 3.39. The molecule has 10 heteroatoms. The number of ether oxygens (including phenoxy) is 3. The lowest BCUT2D eigenvalue weighted by Gasteiger charge is -2.28. The van der Waals surface area contributed by atoms with Crippen LogP contribution >= 0.6 is 0 Å². The number of benzene rings is 1. The summed E-state index contributed by atoms with van der Waals surface area (Å²) in [7, 11) is 0. The Morgan fingerprint density at radius 3 is 2.53 bits per heavy atom. The van der Waals surface area contributed by atoms with Gasteiger partial charge in [0.15, 0.2) is 12.1 Å². The molecule has 0 bridgehead atoms. The van der Waals surface area contributed by atoms with Gasteiger partial charge in [-0.3, -0.25) is 4.79 Å². The van der Waals surface area contributed by atoms with Crippen LogP contribution < -0.4 is 10.6 Å². The summed E-state index contributed by atoms with van der Waals surface area (Å²) < 4.78 is 17.3. The van der Waals surface area contributed by atoms with Gasteiger partial charge in [0.25, 0.3) is 0 Å². The maximum atomic E-state index is 12.2. The van der Waals surface area contributed by atoms with E-state index >= 15 is 0 Å². The average molecular weight is 424 g/mol. The molecular formula is C20H28N2O8. The number of carboxylic acid groups (broad SMARTS) is 1. The minimum absolute atomic E-state index is 0.0818. The van der Waals surface area contributed by atoms with Gasteiger partial charge in [0.1, 0.15) is 12.2 Å². The fourth-order valence-electron chi connectivity index (χ4n) is 3.81. The summed E-state index contributed by atoms with van der Waals surface area (Å²) in [5.41, 5.74) is 1.17. The molecule has 2 amide bonds. The molecule has 3 rings (SSSR count). The zero-order chi connectivity index (χ0) is 21.9. The van der Waals surface area contributed by atoms with E-state index in [9.17, 15) is 19.8 Å². The lowest BCUT2D eigenvalue weighted by atomic mass is 9.91. The van der Waals surface area contributed by atoms with Crippen LogP contribution in [0.1, 0.15) is 25.8 Å². The Hall–Kier alpha value is -2.24. The molecule has 0 aliphatic carbocycles. The van der Waals surface area contributed by atoms with Gasteiger partial charge >= 0.3 is 12.0 Å². The van der Waals surface area contributed by atoms with Crippen LogP contribution in [-0.4, -0.2) is 70.9 Å². The number of hydrogen-bond acceptors (Lipinski definition) is 7. The van der Waals surface area contributed by atoms with Crippen molar-refractivity contribution < 1.29 is 39.1 Å². The number of nitrogens with one attached hydrogen (secondary N) is 2. The topological polar surface area (TPSA) is 147 Å². The summed E-state index contributed by atoms with van der Waals surface area (Å²) in [4.78, 5) is 22.9. The van der Waals surface area contributed by atoms with E-state index in [1.54, 1.807) is 38.1 Å². The molecule has 2 aliphatic heterocycles. The molecule has 0 spiro atoms. The summed E-state index contributed by atoms with van der Waals surface area (Å²) in [5.74, 6) is -1.99. The van der Waals surface area contributed by atoms with Crippen LogP contribution in [0.25, 0.3) is 0 Å². The highest BCUT2D eigenvalue weighted by Gasteiger charge is 2.55. The molecule has 2 fully saturated rings. The summed E-state index contributed by atoms with van der Waals surface area (Å²) >= 11 is 0. The van der Waals surface area contributed by atoms with Crippen LogP contribution in [0.15, 0.2) is 24.3 Å². The van der Waals surface area contributed by atoms with Crippen LogP contribution in [0.2, 0.25) is 0 Å². The standard InChI is InChI=1S/C20H28N2O8/c1-20(2)29-17-13(16(14(24)10-23)28-18(17)30-20)7-8-21-19(27)22-12-5-3-11(4-6-12)9-15(25)26/h3-6,13-14,16-18,23-24H,7-10H2,1-2H3,(H,25,26)(H2,21,22,27)/t13-,14-,16+,17-,18-/m1/s1. The summed E-state index contributed by atoms with van der Waals surface area (Å²) in [5, 5.41) is 33.6. The molecule has 1 aromatic carbocycles. The first-order valence-corrected chi connectivity index (χ1v) is 9.84. The van der Waals surface area contributed by atoms with Gasteiger partial charge in [-0.2, -0.15) is 0 Å². The van der Waals surface area contributed by atoms with Gasteiger partial charge in [0.2, 0.25) is 0 Å². The number of anilines is 1. The Morgan fingerprint density at radius 1 is 1.20 bits per heavy atom. The molecule has 30 heavy (non-hydrogen) atoms. The van der Waals surface area contributed by atoms with Crippen molar-refractivity contribution in [3.05, 3.63) is 29.8 Å². The number of aliphatic carboxylic acids is 1. The minimum atomic E-state index is -1.07. The van der Waals surface area contributed by atoms with Crippen molar-refractivity contribution in [2.75, 3.05) is 18.5 Å². The van der Waals surface area contributed by atoms with Crippen molar-refractivity contribution in [2.24, 2.45) is 5.92 Å². The molecule has 10 nitrogen and oxygen atoms in total. The third kappa shape index (κ3) is 5.46. The minimum Gasteiger partial charge on any atom is -0.481 e. The molecule has 0 unspecified atom stereocenters. The van der Waals surface area contributed by atoms with E-state index in [-0.39, 0.29) is 12.3 Å². The average Bonchev–Trinajstić information content (AvgIpc) is 3.14. The molecule has 0 radical (unpaired) electrons. The number of urea groups is 1. The van der Waals surface area contributed by atoms with Crippen molar-refractivity contribution in [2.45, 2.75) is 57.1 Å². The molecular weight excluding hydrogens is 396 g/mol. The molecule has 5 N–H and O–H groups in total. The van der Waals surface area contributed by atoms with Crippen molar-refractivity contribution in [3.8, 4) is 0 Å². The Balaban J connectivity index is 1.51. The molecule has 0 aromatic heterocycles. The SMILES string of the molecule is CC1(C)O[C@H]2O[C@H]([C@H](O)CO)[C@@H](CCNC(=O)Nc3ccc(CC(=O)O)cc3)[C@H]2O1. The fourth-order valence-corrected chi connectivity index (χ4v) is 3.81. The van der Waals surface area contributed by atoms with E-state index in [1.807, 2.05) is 0 Å². The number of hydrogen-bond donors (Lipinski definition) is 5. The Kier molecular flexibility index (Phi) is 6.94. The number of carbonyl (C=O) groups excluding carboxylic acids is 1. The Morgan fingerprint density at radius 2 is 1.90 bits per heavy atom. The molecule has 2 aliphatic rings. The predicted octanol–water partition coefficient (Wildman–Crippen LogP) is 0.671. The van der Waals surface area contributed by atoms with Crippen LogP contribution in [-0.2, 0) is 25.4 Å². The number of aliphatic hydroxyl groups is 2. The van der Waals surface area contributed by atoms with Crippen LogP contribution in [0, 0.1) is 5.92 Å². The van der Waals surface area contributed by atoms with E-state index < -0.39 is 49.0 Å². The van der Waals surface area contributed by atoms with Crippen molar-refractivity contribution in [1.82, 2.24) is 5.32 Å². The second-order valence-electron chi connectivity index (χ2n) is 7.92. The third-order valence-corrected chi connectivity index (χ3v) is 5.12. The van der Waals surface area contributed by atoms with E-state index in [1.165, 1.54) is 0 Å². The van der Waals surface area contributed by atoms with E-state index in [0.717, 1.165) is 0 Å². The number of rotatable bonds is 8. The van der Waals surface area contributed by atoms with Crippen molar-refractivity contribution in [1.29, 1.82) is 0 Å². The van der Waals surface area contributed by atoms with Gasteiger partial charge < -0.3 is 40.2 Å². The number of aliphatic hydroxyl groups excluding tert-OH is 2. The molecule has 166 valence electrons. The van der Waals surface area contributed by atoms with Crippen LogP contribution in [0.4, 0.5) is 10.5 Å². The smallest absolute Gasteiger partial charge is 0.319 e. The highest BCUT2D eigenvalue weighted by molar-refractivity contribution is 5.89. The molecule has 5 atom stereocenters. The van der Waals surface area contributed by atoms with Gasteiger partial charge in [-0.1, -0.05) is 12.1 Å². The first kappa shape index (κ1) is 22.4. The monoisotopic (exact) mass is 424 g/mol. The largest absolute Gasteiger partial charge is 0.481 e. The molecule has 2 saturated heterocycles. The number of carbonyl (C=O) groups is 2. The second kappa shape index (κ2) is 9.27. The lowest BCUT2D eigenvalue weighted by molar-refractivity contribution is -0.222. The van der Waals surface area contributed by atoms with Crippen molar-refractivity contribution >= 4 is 17.7 Å². The third-order valence-electron chi connectivity index (χ3n) is 5.12. The lowest BCUT2D eigenvalue weighted by Crippen LogP contribution is -2.41. The van der Waals surface area contributed by atoms with Gasteiger partial charge in [-0.05, 0) is 38.0 Å². The van der Waals surface area contributed by atoms with Crippen molar-refractivity contribution in [3.63, 3.8) is 0 Å². The highest BCUT2D eigenvalue weighted by atomic mass is 16.8. The quantitative estimate of drug-likeness (QED) is 0.409. The summed E-state index contributed by atoms with van der Waals surface area (Å²) in [6.07, 6.45) is -2.40. The zero-order valence-corrected chi connectivity index (χ0v) is 16.9. The van der Waals surface area contributed by atoms with E-state index in [0.29, 0.717) is 24.2 Å². The van der Waals surface area contributed by atoms with Gasteiger partial charge in [-0.15, -0.1) is 0 Å². The van der Waals surface area contributed by atoms with Crippen LogP contribution in [0.3, 0.4) is 0 Å². The normalized spacial score (nSPS) is 28.0. The summed E-state index contributed by atoms with van der Waals surface area (Å²) in [6, 6.07) is 6.12. The predicted molar refractivity (Wildman–Crippen MR) is 105 cm³/mol. The number of amides is 2. The number of fused-ring (bicyclic) bond motifs is 1. The first-order valence-electron chi connectivity index (χ1n) is 9.84. The molecule has 1 aromatic rings. The van der Waals surface area contributed by atoms with Gasteiger partial charge in [0.05, 0.1) is 19.1 Å². The number of carboxylic acids is 1. The Bertz CT molecular complexity index is 754. The second-order valence-corrected chi connectivity index (χ2v) is 7.92. The zero-order valence-electron chi connectivity index (χ0n) is 16.9. The fraction of sp³-hybridized carbons (Fsp3) is 0.600. The van der Waals surface area contributed by atoms with E-state index in [2.05, 4.69) is 10.6 Å². The maximum absolute atomic E-state index is 12.2. The molecule has 0 saturated carbocycles. The highest BCUT2D eigenvalue weighted by Crippen LogP contribution is 2.42.